The van der Waals surface area contributed by atoms with E-state index < -0.39 is 5.82 Å². The molecule has 0 bridgehead atoms. The largest absolute Gasteiger partial charge is 0.396 e. The minimum absolute atomic E-state index is 0.0353. The van der Waals surface area contributed by atoms with Crippen LogP contribution < -0.4 is 5.73 Å². The number of fused-ring (bicyclic) bond motifs is 1. The van der Waals surface area contributed by atoms with Crippen molar-refractivity contribution >= 4 is 16.7 Å². The fraction of sp³-hybridized carbons (Fsp3) is 0. The number of aromatic amines is 1. The highest BCUT2D eigenvalue weighted by molar-refractivity contribution is 5.89. The molecule has 0 atom stereocenters. The molecule has 0 spiro atoms. The average Bonchev–Trinajstić information content (AvgIpc) is 2.76. The maximum Gasteiger partial charge on any atom is 0.178 e. The predicted octanol–water partition coefficient (Wildman–Crippen LogP) is 1.14. The van der Waals surface area contributed by atoms with Crippen molar-refractivity contribution in [2.75, 3.05) is 5.73 Å². The van der Waals surface area contributed by atoms with E-state index in [0.29, 0.717) is 17.0 Å². The Balaban J connectivity index is 2.24. The quantitative estimate of drug-likeness (QED) is 0.653. The summed E-state index contributed by atoms with van der Waals surface area (Å²) in [4.78, 5) is 3.95. The van der Waals surface area contributed by atoms with E-state index in [1.165, 1.54) is 6.07 Å². The van der Waals surface area contributed by atoms with Crippen LogP contribution in [0.15, 0.2) is 24.5 Å². The Hall–Kier alpha value is -2.57. The number of nitrogens with one attached hydrogen (secondary N) is 1. The number of aromatic nitrogens is 5. The Labute approximate surface area is 94.7 Å². The Kier molecular flexibility index (Phi) is 1.97. The van der Waals surface area contributed by atoms with Gasteiger partial charge in [-0.15, -0.1) is 5.10 Å². The third kappa shape index (κ3) is 1.48. The van der Waals surface area contributed by atoms with Gasteiger partial charge >= 0.3 is 0 Å². The lowest BCUT2D eigenvalue weighted by molar-refractivity contribution is 0.626. The molecule has 0 aliphatic carbocycles. The van der Waals surface area contributed by atoms with Crippen LogP contribution in [0.5, 0.6) is 0 Å². The number of pyridine rings is 1. The number of rotatable bonds is 1. The summed E-state index contributed by atoms with van der Waals surface area (Å²) in [5.74, 6) is -0.548. The van der Waals surface area contributed by atoms with Gasteiger partial charge in [-0.25, -0.2) is 4.39 Å². The van der Waals surface area contributed by atoms with Gasteiger partial charge in [0.2, 0.25) is 0 Å². The maximum absolute atomic E-state index is 13.0. The monoisotopic (exact) mass is 230 g/mol. The summed E-state index contributed by atoms with van der Waals surface area (Å²) in [6.07, 6.45) is 2.62. The van der Waals surface area contributed by atoms with Gasteiger partial charge in [-0.3, -0.25) is 10.1 Å². The summed E-state index contributed by atoms with van der Waals surface area (Å²) in [6.45, 7) is 0. The molecule has 0 aliphatic rings. The van der Waals surface area contributed by atoms with Gasteiger partial charge in [0.15, 0.2) is 11.5 Å². The first kappa shape index (κ1) is 9.64. The second-order valence-electron chi connectivity index (χ2n) is 3.46. The SMILES string of the molecule is Nc1cc(-c2n[nH]c3nnccc23)ncc1F. The molecule has 0 saturated heterocycles. The topological polar surface area (TPSA) is 93.4 Å². The highest BCUT2D eigenvalue weighted by Crippen LogP contribution is 2.24. The number of halogens is 1. The second kappa shape index (κ2) is 3.48. The fourth-order valence-electron chi connectivity index (χ4n) is 1.55. The van der Waals surface area contributed by atoms with Crippen LogP contribution in [0.3, 0.4) is 0 Å². The van der Waals surface area contributed by atoms with Gasteiger partial charge in [-0.05, 0) is 12.1 Å². The first-order valence-electron chi connectivity index (χ1n) is 4.83. The molecule has 84 valence electrons. The summed E-state index contributed by atoms with van der Waals surface area (Å²) in [7, 11) is 0. The fourth-order valence-corrected chi connectivity index (χ4v) is 1.55. The van der Waals surface area contributed by atoms with E-state index in [9.17, 15) is 4.39 Å². The van der Waals surface area contributed by atoms with Crippen LogP contribution in [-0.4, -0.2) is 25.4 Å². The van der Waals surface area contributed by atoms with Crippen molar-refractivity contribution in [2.45, 2.75) is 0 Å². The normalized spacial score (nSPS) is 10.9. The molecule has 17 heavy (non-hydrogen) atoms. The minimum Gasteiger partial charge on any atom is -0.396 e. The standard InChI is InChI=1S/C10H7FN6/c11-6-4-13-8(3-7(6)12)9-5-1-2-14-16-10(5)17-15-9/h1-4H,(H2,12,13)(H,15,16,17). The van der Waals surface area contributed by atoms with Crippen molar-refractivity contribution in [3.8, 4) is 11.4 Å². The summed E-state index contributed by atoms with van der Waals surface area (Å²) in [6, 6.07) is 3.19. The number of hydrogen-bond acceptors (Lipinski definition) is 5. The zero-order chi connectivity index (χ0) is 11.8. The molecule has 6 nitrogen and oxygen atoms in total. The van der Waals surface area contributed by atoms with E-state index in [-0.39, 0.29) is 5.69 Å². The van der Waals surface area contributed by atoms with Crippen molar-refractivity contribution in [2.24, 2.45) is 0 Å². The molecule has 7 heteroatoms. The van der Waals surface area contributed by atoms with E-state index in [0.717, 1.165) is 11.6 Å². The van der Waals surface area contributed by atoms with Crippen molar-refractivity contribution < 1.29 is 4.39 Å². The van der Waals surface area contributed by atoms with Crippen molar-refractivity contribution in [1.82, 2.24) is 25.4 Å². The number of H-pyrrole nitrogens is 1. The summed E-state index contributed by atoms with van der Waals surface area (Å²) in [5, 5.41) is 15.1. The number of nitrogens with zero attached hydrogens (tertiary/aromatic N) is 4. The molecule has 0 saturated carbocycles. The molecule has 0 amide bonds. The lowest BCUT2D eigenvalue weighted by atomic mass is 10.2. The van der Waals surface area contributed by atoms with Crippen molar-refractivity contribution in [3.63, 3.8) is 0 Å². The van der Waals surface area contributed by atoms with Crippen LogP contribution in [0.2, 0.25) is 0 Å². The summed E-state index contributed by atoms with van der Waals surface area (Å²) < 4.78 is 13.0. The van der Waals surface area contributed by atoms with Crippen LogP contribution >= 0.6 is 0 Å². The zero-order valence-corrected chi connectivity index (χ0v) is 8.55. The zero-order valence-electron chi connectivity index (χ0n) is 8.55. The van der Waals surface area contributed by atoms with Crippen molar-refractivity contribution in [3.05, 3.63) is 30.3 Å². The minimum atomic E-state index is -0.548. The Morgan fingerprint density at radius 3 is 3.06 bits per heavy atom. The Morgan fingerprint density at radius 1 is 1.35 bits per heavy atom. The van der Waals surface area contributed by atoms with E-state index in [2.05, 4.69) is 25.4 Å². The van der Waals surface area contributed by atoms with Crippen LogP contribution in [0.1, 0.15) is 0 Å². The van der Waals surface area contributed by atoms with Gasteiger partial charge in [0.25, 0.3) is 0 Å². The van der Waals surface area contributed by atoms with E-state index in [4.69, 9.17) is 5.73 Å². The molecule has 3 aromatic heterocycles. The predicted molar refractivity (Wildman–Crippen MR) is 59.3 cm³/mol. The number of nitrogen functional groups attached to an aromatic ring is 1. The van der Waals surface area contributed by atoms with Crippen LogP contribution in [0, 0.1) is 5.82 Å². The Bertz CT molecular complexity index is 692. The average molecular weight is 230 g/mol. The third-order valence-electron chi connectivity index (χ3n) is 2.38. The molecular weight excluding hydrogens is 223 g/mol. The molecule has 3 aromatic rings. The van der Waals surface area contributed by atoms with Gasteiger partial charge < -0.3 is 5.73 Å². The highest BCUT2D eigenvalue weighted by atomic mass is 19.1. The Morgan fingerprint density at radius 2 is 2.24 bits per heavy atom. The maximum atomic E-state index is 13.0. The van der Waals surface area contributed by atoms with Gasteiger partial charge in [0.1, 0.15) is 5.69 Å². The number of hydrogen-bond donors (Lipinski definition) is 2. The molecule has 3 N–H and O–H groups in total. The van der Waals surface area contributed by atoms with Crippen LogP contribution in [-0.2, 0) is 0 Å². The molecule has 3 heterocycles. The van der Waals surface area contributed by atoms with Crippen LogP contribution in [0.25, 0.3) is 22.4 Å². The first-order chi connectivity index (χ1) is 8.25. The van der Waals surface area contributed by atoms with Gasteiger partial charge in [0.05, 0.1) is 29.2 Å². The third-order valence-corrected chi connectivity index (χ3v) is 2.38. The molecular formula is C10H7FN6. The van der Waals surface area contributed by atoms with Gasteiger partial charge in [0, 0.05) is 0 Å². The number of anilines is 1. The smallest absolute Gasteiger partial charge is 0.178 e. The molecule has 0 aliphatic heterocycles. The van der Waals surface area contributed by atoms with E-state index in [1.54, 1.807) is 12.3 Å². The van der Waals surface area contributed by atoms with Gasteiger partial charge in [-0.1, -0.05) is 0 Å². The van der Waals surface area contributed by atoms with Gasteiger partial charge in [-0.2, -0.15) is 10.2 Å². The van der Waals surface area contributed by atoms with E-state index in [1.807, 2.05) is 0 Å². The van der Waals surface area contributed by atoms with E-state index >= 15 is 0 Å². The number of nitrogens with two attached hydrogens (primary N) is 1. The molecule has 0 radical (unpaired) electrons. The molecule has 0 unspecified atom stereocenters. The molecule has 0 fully saturated rings. The van der Waals surface area contributed by atoms with Crippen molar-refractivity contribution in [1.29, 1.82) is 0 Å². The second-order valence-corrected chi connectivity index (χ2v) is 3.46. The summed E-state index contributed by atoms with van der Waals surface area (Å²) in [5.41, 5.74) is 7.13. The molecule has 3 rings (SSSR count). The molecule has 0 aromatic carbocycles. The van der Waals surface area contributed by atoms with Crippen LogP contribution in [0.4, 0.5) is 10.1 Å². The first-order valence-corrected chi connectivity index (χ1v) is 4.83. The summed E-state index contributed by atoms with van der Waals surface area (Å²) >= 11 is 0. The highest BCUT2D eigenvalue weighted by Gasteiger charge is 2.11. The lowest BCUT2D eigenvalue weighted by Gasteiger charge is -1.99. The lowest BCUT2D eigenvalue weighted by Crippen LogP contribution is -1.94.